The van der Waals surface area contributed by atoms with Crippen molar-refractivity contribution in [1.82, 2.24) is 9.80 Å². The molecule has 5 heteroatoms. The van der Waals surface area contributed by atoms with Crippen molar-refractivity contribution in [2.45, 2.75) is 46.2 Å². The van der Waals surface area contributed by atoms with Crippen molar-refractivity contribution in [3.63, 3.8) is 0 Å². The Morgan fingerprint density at radius 3 is 2.31 bits per heavy atom. The molecule has 1 fully saturated rings. The third kappa shape index (κ3) is 5.89. The zero-order chi connectivity index (χ0) is 23.4. The van der Waals surface area contributed by atoms with Crippen LogP contribution in [0, 0.1) is 17.7 Å². The Morgan fingerprint density at radius 1 is 1.06 bits per heavy atom. The second-order valence-electron chi connectivity index (χ2n) is 9.92. The average Bonchev–Trinajstić information content (AvgIpc) is 3.14. The van der Waals surface area contributed by atoms with Crippen molar-refractivity contribution >= 4 is 11.6 Å². The molecule has 2 aromatic rings. The summed E-state index contributed by atoms with van der Waals surface area (Å²) in [5.41, 5.74) is 3.49. The number of hydrogen-bond acceptors (Lipinski definition) is 3. The smallest absolute Gasteiger partial charge is 0.225 e. The van der Waals surface area contributed by atoms with Crippen LogP contribution in [0.5, 0.6) is 0 Å². The van der Waals surface area contributed by atoms with Gasteiger partial charge in [-0.1, -0.05) is 38.1 Å². The van der Waals surface area contributed by atoms with Gasteiger partial charge in [0.15, 0.2) is 0 Å². The van der Waals surface area contributed by atoms with Gasteiger partial charge in [0.2, 0.25) is 5.91 Å². The molecule has 3 rings (SSSR count). The van der Waals surface area contributed by atoms with Gasteiger partial charge in [0.05, 0.1) is 0 Å². The van der Waals surface area contributed by atoms with Crippen molar-refractivity contribution in [1.29, 1.82) is 0 Å². The van der Waals surface area contributed by atoms with Crippen molar-refractivity contribution in [3.05, 3.63) is 65.5 Å². The quantitative estimate of drug-likeness (QED) is 0.579. The highest BCUT2D eigenvalue weighted by atomic mass is 19.1. The van der Waals surface area contributed by atoms with Crippen LogP contribution in [0.1, 0.15) is 44.7 Å². The van der Waals surface area contributed by atoms with Gasteiger partial charge in [-0.05, 0) is 55.2 Å². The lowest BCUT2D eigenvalue weighted by atomic mass is 9.88. The van der Waals surface area contributed by atoms with E-state index in [0.29, 0.717) is 6.54 Å². The van der Waals surface area contributed by atoms with Crippen LogP contribution in [0.15, 0.2) is 48.5 Å². The molecular weight excluding hydrogens is 401 g/mol. The second kappa shape index (κ2) is 10.5. The standard InChI is InChI=1S/C27H38FN3O/c1-19(2)27(32)31(20(3)4)17-23-16-30(15-21-10-12-25(13-11-21)29(5)6)18-26(23)22-8-7-9-24(28)14-22/h7-14,19-20,23,26H,15-18H2,1-6H3/t23-,26+/m1/s1. The average molecular weight is 440 g/mol. The fourth-order valence-corrected chi connectivity index (χ4v) is 4.69. The van der Waals surface area contributed by atoms with Crippen LogP contribution in [0.2, 0.25) is 0 Å². The molecule has 0 N–H and O–H groups in total. The molecule has 0 radical (unpaired) electrons. The van der Waals surface area contributed by atoms with E-state index in [1.165, 1.54) is 17.3 Å². The first-order chi connectivity index (χ1) is 15.2. The van der Waals surface area contributed by atoms with Gasteiger partial charge < -0.3 is 9.80 Å². The largest absolute Gasteiger partial charge is 0.378 e. The summed E-state index contributed by atoms with van der Waals surface area (Å²) in [4.78, 5) is 19.4. The molecule has 1 aliphatic heterocycles. The van der Waals surface area contributed by atoms with Gasteiger partial charge in [-0.25, -0.2) is 4.39 Å². The van der Waals surface area contributed by atoms with E-state index < -0.39 is 0 Å². The van der Waals surface area contributed by atoms with Crippen LogP contribution in [-0.4, -0.2) is 55.5 Å². The molecule has 0 saturated carbocycles. The molecule has 174 valence electrons. The van der Waals surface area contributed by atoms with Gasteiger partial charge in [0.25, 0.3) is 0 Å². The van der Waals surface area contributed by atoms with E-state index >= 15 is 0 Å². The summed E-state index contributed by atoms with van der Waals surface area (Å²) in [5, 5.41) is 0. The molecule has 1 aliphatic rings. The molecule has 1 amide bonds. The van der Waals surface area contributed by atoms with Gasteiger partial charge in [-0.15, -0.1) is 0 Å². The fourth-order valence-electron chi connectivity index (χ4n) is 4.69. The predicted molar refractivity (Wildman–Crippen MR) is 130 cm³/mol. The van der Waals surface area contributed by atoms with E-state index in [1.54, 1.807) is 12.1 Å². The third-order valence-corrected chi connectivity index (χ3v) is 6.48. The van der Waals surface area contributed by atoms with Gasteiger partial charge >= 0.3 is 0 Å². The summed E-state index contributed by atoms with van der Waals surface area (Å²) in [6.45, 7) is 11.4. The molecule has 2 atom stereocenters. The van der Waals surface area contributed by atoms with Crippen molar-refractivity contribution < 1.29 is 9.18 Å². The first-order valence-corrected chi connectivity index (χ1v) is 11.7. The molecule has 2 aromatic carbocycles. The molecule has 0 aliphatic carbocycles. The summed E-state index contributed by atoms with van der Waals surface area (Å²) in [6.07, 6.45) is 0. The number of likely N-dealkylation sites (tertiary alicyclic amines) is 1. The van der Waals surface area contributed by atoms with Crippen LogP contribution in [0.25, 0.3) is 0 Å². The highest BCUT2D eigenvalue weighted by molar-refractivity contribution is 5.78. The minimum absolute atomic E-state index is 0.0299. The fraction of sp³-hybridized carbons (Fsp3) is 0.519. The Kier molecular flexibility index (Phi) is 7.94. The van der Waals surface area contributed by atoms with Crippen LogP contribution < -0.4 is 4.90 Å². The number of nitrogens with zero attached hydrogens (tertiary/aromatic N) is 3. The lowest BCUT2D eigenvalue weighted by Gasteiger charge is -2.33. The minimum atomic E-state index is -0.196. The number of anilines is 1. The monoisotopic (exact) mass is 439 g/mol. The molecular formula is C27H38FN3O. The van der Waals surface area contributed by atoms with E-state index in [4.69, 9.17) is 0 Å². The lowest BCUT2D eigenvalue weighted by Crippen LogP contribution is -2.43. The Bertz CT molecular complexity index is 894. The minimum Gasteiger partial charge on any atom is -0.378 e. The van der Waals surface area contributed by atoms with Crippen LogP contribution >= 0.6 is 0 Å². The lowest BCUT2D eigenvalue weighted by molar-refractivity contribution is -0.136. The molecule has 0 unspecified atom stereocenters. The van der Waals surface area contributed by atoms with Crippen LogP contribution in [-0.2, 0) is 11.3 Å². The van der Waals surface area contributed by atoms with Crippen molar-refractivity contribution in [2.75, 3.05) is 38.6 Å². The zero-order valence-electron chi connectivity index (χ0n) is 20.4. The predicted octanol–water partition coefficient (Wildman–Crippen LogP) is 5.00. The number of hydrogen-bond donors (Lipinski definition) is 0. The van der Waals surface area contributed by atoms with E-state index in [1.807, 2.05) is 38.9 Å². The number of carbonyl (C=O) groups excluding carboxylic acids is 1. The normalized spacial score (nSPS) is 19.0. The molecule has 0 spiro atoms. The molecule has 4 nitrogen and oxygen atoms in total. The van der Waals surface area contributed by atoms with E-state index in [-0.39, 0.29) is 35.5 Å². The summed E-state index contributed by atoms with van der Waals surface area (Å²) in [5.74, 6) is 0.433. The maximum atomic E-state index is 14.0. The molecule has 1 saturated heterocycles. The van der Waals surface area contributed by atoms with E-state index in [0.717, 1.165) is 25.2 Å². The van der Waals surface area contributed by atoms with Crippen LogP contribution in [0.4, 0.5) is 10.1 Å². The van der Waals surface area contributed by atoms with E-state index in [9.17, 15) is 9.18 Å². The van der Waals surface area contributed by atoms with E-state index in [2.05, 4.69) is 47.9 Å². The topological polar surface area (TPSA) is 26.8 Å². The number of benzene rings is 2. The molecule has 1 heterocycles. The van der Waals surface area contributed by atoms with Gasteiger partial charge in [-0.2, -0.15) is 0 Å². The number of halogens is 1. The Morgan fingerprint density at radius 2 is 1.75 bits per heavy atom. The summed E-state index contributed by atoms with van der Waals surface area (Å²) >= 11 is 0. The highest BCUT2D eigenvalue weighted by Crippen LogP contribution is 2.35. The number of carbonyl (C=O) groups is 1. The Hall–Kier alpha value is -2.40. The Balaban J connectivity index is 1.81. The van der Waals surface area contributed by atoms with Crippen LogP contribution in [0.3, 0.4) is 0 Å². The maximum Gasteiger partial charge on any atom is 0.225 e. The Labute approximate surface area is 193 Å². The maximum absolute atomic E-state index is 14.0. The summed E-state index contributed by atoms with van der Waals surface area (Å²) in [7, 11) is 4.09. The highest BCUT2D eigenvalue weighted by Gasteiger charge is 2.36. The zero-order valence-corrected chi connectivity index (χ0v) is 20.4. The van der Waals surface area contributed by atoms with Gasteiger partial charge in [0.1, 0.15) is 5.82 Å². The van der Waals surface area contributed by atoms with Gasteiger partial charge in [0, 0.05) is 63.8 Å². The van der Waals surface area contributed by atoms with Gasteiger partial charge in [-0.3, -0.25) is 9.69 Å². The second-order valence-corrected chi connectivity index (χ2v) is 9.92. The van der Waals surface area contributed by atoms with Crippen molar-refractivity contribution in [2.24, 2.45) is 11.8 Å². The molecule has 0 bridgehead atoms. The summed E-state index contributed by atoms with van der Waals surface area (Å²) < 4.78 is 14.0. The third-order valence-electron chi connectivity index (χ3n) is 6.48. The van der Waals surface area contributed by atoms with Crippen molar-refractivity contribution in [3.8, 4) is 0 Å². The number of rotatable bonds is 8. The molecule has 0 aromatic heterocycles. The summed E-state index contributed by atoms with van der Waals surface area (Å²) in [6, 6.07) is 15.8. The molecule has 32 heavy (non-hydrogen) atoms. The first-order valence-electron chi connectivity index (χ1n) is 11.7. The number of amides is 1. The first kappa shape index (κ1) is 24.2. The SMILES string of the molecule is CC(C)C(=O)N(C[C@H]1CN(Cc2ccc(N(C)C)cc2)C[C@H]1c1cccc(F)c1)C(C)C.